The minimum absolute atomic E-state index is 0.412. The summed E-state index contributed by atoms with van der Waals surface area (Å²) in [5, 5.41) is 11.2. The fourth-order valence-corrected chi connectivity index (χ4v) is 4.68. The van der Waals surface area contributed by atoms with E-state index in [0.717, 1.165) is 59.4 Å². The van der Waals surface area contributed by atoms with Crippen molar-refractivity contribution in [3.05, 3.63) is 54.5 Å². The number of nitrogens with zero attached hydrogens (tertiary/aromatic N) is 4. The van der Waals surface area contributed by atoms with Crippen molar-refractivity contribution in [1.82, 2.24) is 15.0 Å². The lowest BCUT2D eigenvalue weighted by Crippen LogP contribution is -2.50. The van der Waals surface area contributed by atoms with Gasteiger partial charge in [-0.1, -0.05) is 12.1 Å². The van der Waals surface area contributed by atoms with Crippen molar-refractivity contribution in [3.8, 4) is 17.2 Å². The van der Waals surface area contributed by atoms with E-state index < -0.39 is 0 Å². The predicted molar refractivity (Wildman–Crippen MR) is 116 cm³/mol. The standard InChI is InChI=1S/C24H21N5O/c25-11-18-10-20-21-9-17(12-27-23(21)28-22(20)13-26-18)16-1-3-19(4-2-16)29-7-5-24(6-8-29)14-30-15-24/h1-4,9-10,12-13H,5-8,14-15H2,(H,27,28). The summed E-state index contributed by atoms with van der Waals surface area (Å²) in [6.45, 7) is 4.08. The van der Waals surface area contributed by atoms with E-state index in [-0.39, 0.29) is 0 Å². The number of nitrogens with one attached hydrogen (secondary N) is 1. The Morgan fingerprint density at radius 2 is 1.77 bits per heavy atom. The first kappa shape index (κ1) is 17.4. The Bertz CT molecular complexity index is 1290. The molecule has 0 radical (unpaired) electrons. The predicted octanol–water partition coefficient (Wildman–Crippen LogP) is 4.27. The smallest absolute Gasteiger partial charge is 0.141 e. The molecule has 148 valence electrons. The van der Waals surface area contributed by atoms with Crippen LogP contribution in [0.5, 0.6) is 0 Å². The van der Waals surface area contributed by atoms with Gasteiger partial charge in [0.1, 0.15) is 17.4 Å². The van der Waals surface area contributed by atoms with Crippen LogP contribution in [0, 0.1) is 16.7 Å². The number of fused-ring (bicyclic) bond motifs is 3. The van der Waals surface area contributed by atoms with E-state index in [2.05, 4.69) is 56.3 Å². The Morgan fingerprint density at radius 1 is 0.967 bits per heavy atom. The average Bonchev–Trinajstić information content (AvgIpc) is 3.15. The number of anilines is 1. The van der Waals surface area contributed by atoms with Crippen molar-refractivity contribution in [2.45, 2.75) is 12.8 Å². The van der Waals surface area contributed by atoms with Crippen LogP contribution >= 0.6 is 0 Å². The number of nitriles is 1. The van der Waals surface area contributed by atoms with Gasteiger partial charge in [0, 0.05) is 46.7 Å². The van der Waals surface area contributed by atoms with Crippen LogP contribution in [0.4, 0.5) is 5.69 Å². The molecule has 0 atom stereocenters. The van der Waals surface area contributed by atoms with Crippen LogP contribution in [-0.2, 0) is 4.74 Å². The molecule has 5 heterocycles. The highest BCUT2D eigenvalue weighted by molar-refractivity contribution is 6.07. The van der Waals surface area contributed by atoms with Gasteiger partial charge in [0.2, 0.25) is 0 Å². The number of aromatic amines is 1. The van der Waals surface area contributed by atoms with E-state index in [0.29, 0.717) is 11.1 Å². The molecule has 0 amide bonds. The maximum absolute atomic E-state index is 9.17. The molecule has 2 fully saturated rings. The number of H-pyrrole nitrogens is 1. The molecule has 6 rings (SSSR count). The molecule has 0 bridgehead atoms. The lowest BCUT2D eigenvalue weighted by molar-refractivity contribution is -0.124. The SMILES string of the molecule is N#Cc1cc2c(cn1)[nH]c1ncc(-c3ccc(N4CCC5(CC4)COC5)cc3)cc12. The minimum Gasteiger partial charge on any atom is -0.380 e. The molecule has 2 aliphatic rings. The third-order valence-corrected chi connectivity index (χ3v) is 6.66. The van der Waals surface area contributed by atoms with E-state index in [1.54, 1.807) is 6.20 Å². The summed E-state index contributed by atoms with van der Waals surface area (Å²) in [5.41, 5.74) is 6.05. The molecule has 3 aromatic heterocycles. The van der Waals surface area contributed by atoms with Crippen molar-refractivity contribution < 1.29 is 4.74 Å². The summed E-state index contributed by atoms with van der Waals surface area (Å²) in [6.07, 6.45) is 6.03. The number of hydrogen-bond donors (Lipinski definition) is 1. The monoisotopic (exact) mass is 395 g/mol. The number of ether oxygens (including phenoxy) is 1. The molecule has 6 nitrogen and oxygen atoms in total. The van der Waals surface area contributed by atoms with E-state index >= 15 is 0 Å². The molecule has 1 spiro atoms. The zero-order chi connectivity index (χ0) is 20.1. The van der Waals surface area contributed by atoms with Crippen LogP contribution < -0.4 is 4.90 Å². The van der Waals surface area contributed by atoms with Crippen LogP contribution in [0.25, 0.3) is 33.1 Å². The number of rotatable bonds is 2. The normalized spacial score (nSPS) is 17.9. The van der Waals surface area contributed by atoms with Crippen molar-refractivity contribution in [1.29, 1.82) is 5.26 Å². The number of hydrogen-bond acceptors (Lipinski definition) is 5. The summed E-state index contributed by atoms with van der Waals surface area (Å²) in [7, 11) is 0. The topological polar surface area (TPSA) is 77.8 Å². The van der Waals surface area contributed by atoms with Gasteiger partial charge >= 0.3 is 0 Å². The molecule has 6 heteroatoms. The number of benzene rings is 1. The van der Waals surface area contributed by atoms with E-state index in [1.165, 1.54) is 18.5 Å². The molecule has 4 aromatic rings. The maximum atomic E-state index is 9.17. The first-order valence-electron chi connectivity index (χ1n) is 10.3. The second kappa shape index (κ2) is 6.54. The number of aromatic nitrogens is 3. The van der Waals surface area contributed by atoms with Gasteiger partial charge in [0.25, 0.3) is 0 Å². The minimum atomic E-state index is 0.412. The highest BCUT2D eigenvalue weighted by atomic mass is 16.5. The quantitative estimate of drug-likeness (QED) is 0.548. The highest BCUT2D eigenvalue weighted by Gasteiger charge is 2.41. The third kappa shape index (κ3) is 2.74. The summed E-state index contributed by atoms with van der Waals surface area (Å²) in [6, 6.07) is 14.8. The molecular formula is C24H21N5O. The van der Waals surface area contributed by atoms with Gasteiger partial charge in [0.05, 0.1) is 24.9 Å². The maximum Gasteiger partial charge on any atom is 0.141 e. The van der Waals surface area contributed by atoms with Crippen LogP contribution in [0.15, 0.2) is 48.8 Å². The summed E-state index contributed by atoms with van der Waals surface area (Å²) in [5.74, 6) is 0. The Morgan fingerprint density at radius 3 is 2.47 bits per heavy atom. The zero-order valence-electron chi connectivity index (χ0n) is 16.6. The van der Waals surface area contributed by atoms with Gasteiger partial charge in [-0.2, -0.15) is 5.26 Å². The molecule has 1 N–H and O–H groups in total. The van der Waals surface area contributed by atoms with Crippen molar-refractivity contribution >= 4 is 27.6 Å². The van der Waals surface area contributed by atoms with Gasteiger partial charge in [-0.15, -0.1) is 0 Å². The molecule has 0 saturated carbocycles. The second-order valence-electron chi connectivity index (χ2n) is 8.50. The third-order valence-electron chi connectivity index (χ3n) is 6.66. The Kier molecular flexibility index (Phi) is 3.80. The number of piperidine rings is 1. The molecule has 2 saturated heterocycles. The highest BCUT2D eigenvalue weighted by Crippen LogP contribution is 2.39. The lowest BCUT2D eigenvalue weighted by Gasteiger charge is -2.47. The molecule has 0 unspecified atom stereocenters. The van der Waals surface area contributed by atoms with Gasteiger partial charge in [0.15, 0.2) is 0 Å². The van der Waals surface area contributed by atoms with E-state index in [9.17, 15) is 5.26 Å². The molecule has 30 heavy (non-hydrogen) atoms. The molecule has 0 aliphatic carbocycles. The first-order chi connectivity index (χ1) is 14.7. The first-order valence-corrected chi connectivity index (χ1v) is 10.3. The Hall–Kier alpha value is -3.43. The lowest BCUT2D eigenvalue weighted by atomic mass is 9.77. The van der Waals surface area contributed by atoms with Gasteiger partial charge < -0.3 is 14.6 Å². The molecule has 2 aliphatic heterocycles. The molecule has 1 aromatic carbocycles. The fraction of sp³-hybridized carbons (Fsp3) is 0.292. The van der Waals surface area contributed by atoms with Crippen LogP contribution in [0.3, 0.4) is 0 Å². The Labute approximate surface area is 174 Å². The van der Waals surface area contributed by atoms with Gasteiger partial charge in [-0.3, -0.25) is 0 Å². The van der Waals surface area contributed by atoms with Crippen molar-refractivity contribution in [2.75, 3.05) is 31.2 Å². The average molecular weight is 395 g/mol. The Balaban J connectivity index is 1.29. The van der Waals surface area contributed by atoms with E-state index in [4.69, 9.17) is 4.74 Å². The van der Waals surface area contributed by atoms with Crippen LogP contribution in [-0.4, -0.2) is 41.3 Å². The summed E-state index contributed by atoms with van der Waals surface area (Å²) in [4.78, 5) is 14.5. The molecular weight excluding hydrogens is 374 g/mol. The summed E-state index contributed by atoms with van der Waals surface area (Å²) >= 11 is 0. The van der Waals surface area contributed by atoms with Crippen molar-refractivity contribution in [3.63, 3.8) is 0 Å². The second-order valence-corrected chi connectivity index (χ2v) is 8.50. The van der Waals surface area contributed by atoms with E-state index in [1.807, 2.05) is 12.3 Å². The van der Waals surface area contributed by atoms with Gasteiger partial charge in [-0.05, 0) is 42.7 Å². The summed E-state index contributed by atoms with van der Waals surface area (Å²) < 4.78 is 5.44. The fourth-order valence-electron chi connectivity index (χ4n) is 4.68. The zero-order valence-corrected chi connectivity index (χ0v) is 16.6. The van der Waals surface area contributed by atoms with Crippen LogP contribution in [0.2, 0.25) is 0 Å². The largest absolute Gasteiger partial charge is 0.380 e. The van der Waals surface area contributed by atoms with Gasteiger partial charge in [-0.25, -0.2) is 9.97 Å². The van der Waals surface area contributed by atoms with Crippen molar-refractivity contribution in [2.24, 2.45) is 5.41 Å². The van der Waals surface area contributed by atoms with Crippen LogP contribution in [0.1, 0.15) is 18.5 Å². The number of pyridine rings is 2.